The van der Waals surface area contributed by atoms with E-state index in [0.29, 0.717) is 18.4 Å². The summed E-state index contributed by atoms with van der Waals surface area (Å²) in [6.45, 7) is 2.13. The number of H-pyrrole nitrogens is 1. The minimum atomic E-state index is -0.375. The summed E-state index contributed by atoms with van der Waals surface area (Å²) >= 11 is 2.12. The smallest absolute Gasteiger partial charge is 0.357 e. The SMILES string of the molecule is CCOC(=O)c1[nH]nc(-c2ccc(OC3CC4CC4C3)cc2)c1I. The topological polar surface area (TPSA) is 64.2 Å². The van der Waals surface area contributed by atoms with Crippen LogP contribution < -0.4 is 4.74 Å². The normalized spacial score (nSPS) is 24.5. The van der Waals surface area contributed by atoms with Gasteiger partial charge in [0.25, 0.3) is 0 Å². The minimum absolute atomic E-state index is 0.345. The van der Waals surface area contributed by atoms with Crippen LogP contribution in [0, 0.1) is 15.4 Å². The molecule has 1 heterocycles. The number of fused-ring (bicyclic) bond motifs is 1. The van der Waals surface area contributed by atoms with Gasteiger partial charge < -0.3 is 9.47 Å². The largest absolute Gasteiger partial charge is 0.490 e. The van der Waals surface area contributed by atoms with Gasteiger partial charge >= 0.3 is 5.97 Å². The van der Waals surface area contributed by atoms with E-state index >= 15 is 0 Å². The van der Waals surface area contributed by atoms with Crippen molar-refractivity contribution in [3.8, 4) is 17.0 Å². The summed E-state index contributed by atoms with van der Waals surface area (Å²) in [5.41, 5.74) is 2.11. The van der Waals surface area contributed by atoms with E-state index < -0.39 is 0 Å². The molecule has 0 radical (unpaired) electrons. The van der Waals surface area contributed by atoms with E-state index in [4.69, 9.17) is 9.47 Å². The molecule has 2 fully saturated rings. The Balaban J connectivity index is 1.47. The van der Waals surface area contributed by atoms with Crippen molar-refractivity contribution in [1.29, 1.82) is 0 Å². The molecule has 126 valence electrons. The molecule has 24 heavy (non-hydrogen) atoms. The minimum Gasteiger partial charge on any atom is -0.490 e. The molecule has 2 aliphatic rings. The van der Waals surface area contributed by atoms with E-state index in [2.05, 4.69) is 32.8 Å². The van der Waals surface area contributed by atoms with Crippen molar-refractivity contribution in [2.45, 2.75) is 32.3 Å². The molecule has 2 atom stereocenters. The fraction of sp³-hybridized carbons (Fsp3) is 0.444. The van der Waals surface area contributed by atoms with Crippen LogP contribution in [0.1, 0.15) is 36.7 Å². The molecule has 1 N–H and O–H groups in total. The quantitative estimate of drug-likeness (QED) is 0.566. The van der Waals surface area contributed by atoms with Gasteiger partial charge in [-0.2, -0.15) is 5.10 Å². The summed E-state index contributed by atoms with van der Waals surface area (Å²) in [5.74, 6) is 2.36. The third kappa shape index (κ3) is 3.03. The summed E-state index contributed by atoms with van der Waals surface area (Å²) < 4.78 is 11.9. The molecule has 2 saturated carbocycles. The zero-order chi connectivity index (χ0) is 16.7. The Morgan fingerprint density at radius 1 is 1.25 bits per heavy atom. The fourth-order valence-electron chi connectivity index (χ4n) is 3.50. The van der Waals surface area contributed by atoms with Gasteiger partial charge in [0.15, 0.2) is 5.69 Å². The van der Waals surface area contributed by atoms with Gasteiger partial charge in [0.1, 0.15) is 11.4 Å². The molecule has 2 aliphatic carbocycles. The Morgan fingerprint density at radius 2 is 1.96 bits per heavy atom. The van der Waals surface area contributed by atoms with Crippen molar-refractivity contribution in [3.05, 3.63) is 33.5 Å². The molecule has 5 nitrogen and oxygen atoms in total. The van der Waals surface area contributed by atoms with Gasteiger partial charge in [-0.3, -0.25) is 5.10 Å². The zero-order valence-electron chi connectivity index (χ0n) is 13.4. The van der Waals surface area contributed by atoms with Crippen LogP contribution in [0.2, 0.25) is 0 Å². The molecule has 0 saturated heterocycles. The van der Waals surface area contributed by atoms with Crippen LogP contribution in [0.4, 0.5) is 0 Å². The van der Waals surface area contributed by atoms with Crippen LogP contribution >= 0.6 is 22.6 Å². The lowest BCUT2D eigenvalue weighted by Gasteiger charge is -2.15. The van der Waals surface area contributed by atoms with Gasteiger partial charge in [-0.25, -0.2) is 4.79 Å². The zero-order valence-corrected chi connectivity index (χ0v) is 15.6. The first kappa shape index (κ1) is 15.9. The number of nitrogens with one attached hydrogen (secondary N) is 1. The molecule has 1 aromatic carbocycles. The molecular formula is C18H19IN2O3. The molecular weight excluding hydrogens is 419 g/mol. The van der Waals surface area contributed by atoms with Gasteiger partial charge in [-0.05, 0) is 84.9 Å². The first-order chi connectivity index (χ1) is 11.7. The van der Waals surface area contributed by atoms with E-state index in [1.54, 1.807) is 6.92 Å². The number of esters is 1. The summed E-state index contributed by atoms with van der Waals surface area (Å²) in [4.78, 5) is 11.9. The Labute approximate surface area is 154 Å². The highest BCUT2D eigenvalue weighted by Gasteiger charge is 2.46. The number of hydrogen-bond donors (Lipinski definition) is 1. The third-order valence-corrected chi connectivity index (χ3v) is 5.87. The summed E-state index contributed by atoms with van der Waals surface area (Å²) in [5, 5.41) is 7.04. The molecule has 0 amide bonds. The molecule has 6 heteroatoms. The number of rotatable bonds is 5. The van der Waals surface area contributed by atoms with Crippen LogP contribution in [-0.4, -0.2) is 28.9 Å². The van der Waals surface area contributed by atoms with Crippen LogP contribution in [0.25, 0.3) is 11.3 Å². The van der Waals surface area contributed by atoms with Crippen molar-refractivity contribution >= 4 is 28.6 Å². The Kier molecular flexibility index (Phi) is 4.24. The summed E-state index contributed by atoms with van der Waals surface area (Å²) in [6, 6.07) is 7.93. The molecule has 4 rings (SSSR count). The Bertz CT molecular complexity index is 746. The molecule has 1 aromatic heterocycles. The van der Waals surface area contributed by atoms with Crippen molar-refractivity contribution in [1.82, 2.24) is 10.2 Å². The van der Waals surface area contributed by atoms with E-state index in [1.165, 1.54) is 19.3 Å². The molecule has 2 unspecified atom stereocenters. The van der Waals surface area contributed by atoms with E-state index in [-0.39, 0.29) is 5.97 Å². The lowest BCUT2D eigenvalue weighted by atomic mass is 10.1. The maximum atomic E-state index is 11.9. The molecule has 0 aliphatic heterocycles. The van der Waals surface area contributed by atoms with Crippen LogP contribution in [0.15, 0.2) is 24.3 Å². The number of carbonyl (C=O) groups is 1. The van der Waals surface area contributed by atoms with Gasteiger partial charge in [-0.1, -0.05) is 0 Å². The number of hydrogen-bond acceptors (Lipinski definition) is 4. The van der Waals surface area contributed by atoms with Crippen LogP contribution in [0.5, 0.6) is 5.75 Å². The maximum absolute atomic E-state index is 11.9. The van der Waals surface area contributed by atoms with Crippen molar-refractivity contribution in [2.24, 2.45) is 11.8 Å². The van der Waals surface area contributed by atoms with Gasteiger partial charge in [0, 0.05) is 5.56 Å². The number of ether oxygens (including phenoxy) is 2. The standard InChI is InChI=1S/C18H19IN2O3/c1-2-23-18(22)17-15(19)16(20-21-17)10-3-5-13(6-4-10)24-14-8-11-7-12(11)9-14/h3-6,11-12,14H,2,7-9H2,1H3,(H,20,21). The first-order valence-corrected chi connectivity index (χ1v) is 9.41. The second-order valence-electron chi connectivity index (χ2n) is 6.47. The monoisotopic (exact) mass is 438 g/mol. The highest BCUT2D eigenvalue weighted by atomic mass is 127. The lowest BCUT2D eigenvalue weighted by molar-refractivity contribution is 0.0518. The van der Waals surface area contributed by atoms with E-state index in [9.17, 15) is 4.79 Å². The average molecular weight is 438 g/mol. The number of halogens is 1. The average Bonchev–Trinajstić information content (AvgIpc) is 3.00. The van der Waals surface area contributed by atoms with E-state index in [1.807, 2.05) is 24.3 Å². The predicted molar refractivity (Wildman–Crippen MR) is 97.9 cm³/mol. The summed E-state index contributed by atoms with van der Waals surface area (Å²) in [7, 11) is 0. The summed E-state index contributed by atoms with van der Waals surface area (Å²) in [6.07, 6.45) is 4.18. The first-order valence-electron chi connectivity index (χ1n) is 8.33. The van der Waals surface area contributed by atoms with Gasteiger partial charge in [0.05, 0.1) is 16.3 Å². The highest BCUT2D eigenvalue weighted by Crippen LogP contribution is 2.52. The molecule has 0 spiro atoms. The molecule has 2 aromatic rings. The second-order valence-corrected chi connectivity index (χ2v) is 7.55. The third-order valence-electron chi connectivity index (χ3n) is 4.82. The van der Waals surface area contributed by atoms with Crippen molar-refractivity contribution in [2.75, 3.05) is 6.61 Å². The maximum Gasteiger partial charge on any atom is 0.357 e. The number of benzene rings is 1. The Morgan fingerprint density at radius 3 is 2.62 bits per heavy atom. The number of aromatic amines is 1. The van der Waals surface area contributed by atoms with Crippen LogP contribution in [-0.2, 0) is 4.74 Å². The highest BCUT2D eigenvalue weighted by molar-refractivity contribution is 14.1. The van der Waals surface area contributed by atoms with Crippen molar-refractivity contribution in [3.63, 3.8) is 0 Å². The van der Waals surface area contributed by atoms with Gasteiger partial charge in [-0.15, -0.1) is 0 Å². The molecule has 0 bridgehead atoms. The number of aromatic nitrogens is 2. The second kappa shape index (κ2) is 6.38. The Hall–Kier alpha value is -1.57. The van der Waals surface area contributed by atoms with E-state index in [0.717, 1.165) is 32.4 Å². The number of carbonyl (C=O) groups excluding carboxylic acids is 1. The van der Waals surface area contributed by atoms with Gasteiger partial charge in [0.2, 0.25) is 0 Å². The lowest BCUT2D eigenvalue weighted by Crippen LogP contribution is -2.13. The number of nitrogens with zero attached hydrogens (tertiary/aromatic N) is 1. The van der Waals surface area contributed by atoms with Crippen molar-refractivity contribution < 1.29 is 14.3 Å². The predicted octanol–water partition coefficient (Wildman–Crippen LogP) is 4.04. The fourth-order valence-corrected chi connectivity index (χ4v) is 4.27. The van der Waals surface area contributed by atoms with Crippen LogP contribution in [0.3, 0.4) is 0 Å².